The Labute approximate surface area is 123 Å². The van der Waals surface area contributed by atoms with Crippen molar-refractivity contribution in [2.45, 2.75) is 38.4 Å². The number of ketones is 1. The van der Waals surface area contributed by atoms with Gasteiger partial charge in [0.05, 0.1) is 36.6 Å². The van der Waals surface area contributed by atoms with E-state index in [0.29, 0.717) is 23.5 Å². The number of nitrogens with zero attached hydrogens (tertiary/aromatic N) is 1. The van der Waals surface area contributed by atoms with Crippen molar-refractivity contribution in [2.24, 2.45) is 0 Å². The number of ether oxygens (including phenoxy) is 2. The molecule has 2 heterocycles. The van der Waals surface area contributed by atoms with E-state index in [2.05, 4.69) is 0 Å². The van der Waals surface area contributed by atoms with Crippen molar-refractivity contribution >= 4 is 17.4 Å². The maximum absolute atomic E-state index is 12.2. The van der Waals surface area contributed by atoms with E-state index in [4.69, 9.17) is 9.47 Å². The molecular formula is C16H19NO4. The first kappa shape index (κ1) is 14.1. The van der Waals surface area contributed by atoms with E-state index in [1.165, 1.54) is 12.0 Å². The van der Waals surface area contributed by atoms with E-state index in [-0.39, 0.29) is 11.7 Å². The van der Waals surface area contributed by atoms with Gasteiger partial charge in [-0.1, -0.05) is 0 Å². The molecule has 2 aliphatic rings. The first-order valence-electron chi connectivity index (χ1n) is 7.13. The summed E-state index contributed by atoms with van der Waals surface area (Å²) in [6, 6.07) is 5.14. The molecule has 0 N–H and O–H groups in total. The van der Waals surface area contributed by atoms with Crippen LogP contribution in [-0.2, 0) is 9.53 Å². The normalized spacial score (nSPS) is 23.6. The molecule has 1 fully saturated rings. The van der Waals surface area contributed by atoms with Crippen LogP contribution in [0.1, 0.15) is 37.0 Å². The summed E-state index contributed by atoms with van der Waals surface area (Å²) in [6.45, 7) is 4.51. The van der Waals surface area contributed by atoms with E-state index < -0.39 is 11.7 Å². The van der Waals surface area contributed by atoms with Crippen molar-refractivity contribution in [3.63, 3.8) is 0 Å². The fourth-order valence-electron chi connectivity index (χ4n) is 3.00. The van der Waals surface area contributed by atoms with Gasteiger partial charge >= 0.3 is 0 Å². The topological polar surface area (TPSA) is 55.8 Å². The van der Waals surface area contributed by atoms with Gasteiger partial charge < -0.3 is 14.4 Å². The molecule has 0 spiro atoms. The molecule has 1 aromatic carbocycles. The minimum atomic E-state index is -0.480. The average Bonchev–Trinajstić information content (AvgIpc) is 2.91. The van der Waals surface area contributed by atoms with Gasteiger partial charge in [-0.25, -0.2) is 0 Å². The number of anilines is 1. The fraction of sp³-hybridized carbons (Fsp3) is 0.500. The van der Waals surface area contributed by atoms with Crippen molar-refractivity contribution in [1.29, 1.82) is 0 Å². The van der Waals surface area contributed by atoms with Crippen LogP contribution in [-0.4, -0.2) is 37.0 Å². The molecule has 1 atom stereocenters. The van der Waals surface area contributed by atoms with Crippen molar-refractivity contribution < 1.29 is 19.1 Å². The molecule has 112 valence electrons. The fourth-order valence-corrected chi connectivity index (χ4v) is 3.00. The van der Waals surface area contributed by atoms with Gasteiger partial charge in [0.15, 0.2) is 0 Å². The highest BCUT2D eigenvalue weighted by molar-refractivity contribution is 6.52. The maximum atomic E-state index is 12.2. The molecule has 2 aliphatic heterocycles. The molecule has 0 radical (unpaired) electrons. The van der Waals surface area contributed by atoms with E-state index in [1.54, 1.807) is 18.2 Å². The molecule has 0 bridgehead atoms. The number of benzene rings is 1. The zero-order valence-electron chi connectivity index (χ0n) is 12.5. The maximum Gasteiger partial charge on any atom is 0.299 e. The highest BCUT2D eigenvalue weighted by atomic mass is 16.5. The van der Waals surface area contributed by atoms with Crippen LogP contribution in [0.3, 0.4) is 0 Å². The van der Waals surface area contributed by atoms with E-state index >= 15 is 0 Å². The Morgan fingerprint density at radius 2 is 2.14 bits per heavy atom. The zero-order valence-corrected chi connectivity index (χ0v) is 12.5. The zero-order chi connectivity index (χ0) is 15.2. The summed E-state index contributed by atoms with van der Waals surface area (Å²) in [7, 11) is 1.54. The predicted octanol–water partition coefficient (Wildman–Crippen LogP) is 2.18. The van der Waals surface area contributed by atoms with Crippen LogP contribution in [0.15, 0.2) is 18.2 Å². The third-order valence-electron chi connectivity index (χ3n) is 4.12. The number of fused-ring (bicyclic) bond motifs is 1. The smallest absolute Gasteiger partial charge is 0.299 e. The standard InChI is InChI=1S/C16H19NO4/c1-16(2)7-6-11(21-16)9-17-13-5-4-10(20-3)8-12(13)14(18)15(17)19/h4-5,8,11H,6-7,9H2,1-3H3. The van der Waals surface area contributed by atoms with Gasteiger partial charge in [-0.3, -0.25) is 9.59 Å². The van der Waals surface area contributed by atoms with Gasteiger partial charge in [0, 0.05) is 0 Å². The number of Topliss-reactive ketones (excluding diaryl/α,β-unsaturated/α-hetero) is 1. The van der Waals surface area contributed by atoms with Gasteiger partial charge in [0.25, 0.3) is 11.7 Å². The second kappa shape index (κ2) is 4.84. The molecule has 0 aromatic heterocycles. The van der Waals surface area contributed by atoms with Gasteiger partial charge in [-0.05, 0) is 44.9 Å². The van der Waals surface area contributed by atoms with Gasteiger partial charge in [-0.15, -0.1) is 0 Å². The van der Waals surface area contributed by atoms with Gasteiger partial charge in [0.1, 0.15) is 5.75 Å². The van der Waals surface area contributed by atoms with Gasteiger partial charge in [0.2, 0.25) is 0 Å². The molecule has 1 unspecified atom stereocenters. The Morgan fingerprint density at radius 1 is 1.38 bits per heavy atom. The Morgan fingerprint density at radius 3 is 2.76 bits per heavy atom. The van der Waals surface area contributed by atoms with Crippen LogP contribution < -0.4 is 9.64 Å². The lowest BCUT2D eigenvalue weighted by molar-refractivity contribution is -0.114. The second-order valence-electron chi connectivity index (χ2n) is 6.17. The average molecular weight is 289 g/mol. The monoisotopic (exact) mass is 289 g/mol. The Kier molecular flexibility index (Phi) is 3.24. The van der Waals surface area contributed by atoms with E-state index in [1.807, 2.05) is 13.8 Å². The van der Waals surface area contributed by atoms with Crippen LogP contribution in [0.5, 0.6) is 5.75 Å². The van der Waals surface area contributed by atoms with Crippen molar-refractivity contribution in [3.05, 3.63) is 23.8 Å². The van der Waals surface area contributed by atoms with Crippen LogP contribution in [0, 0.1) is 0 Å². The molecule has 1 saturated heterocycles. The lowest BCUT2D eigenvalue weighted by atomic mass is 10.1. The Balaban J connectivity index is 1.85. The lowest BCUT2D eigenvalue weighted by Gasteiger charge is -2.23. The van der Waals surface area contributed by atoms with Crippen LogP contribution >= 0.6 is 0 Å². The number of carbonyl (C=O) groups excluding carboxylic acids is 2. The summed E-state index contributed by atoms with van der Waals surface area (Å²) >= 11 is 0. The molecule has 5 nitrogen and oxygen atoms in total. The largest absolute Gasteiger partial charge is 0.497 e. The Hall–Kier alpha value is -1.88. The summed E-state index contributed by atoms with van der Waals surface area (Å²) in [5, 5.41) is 0. The molecule has 0 aliphatic carbocycles. The van der Waals surface area contributed by atoms with Crippen LogP contribution in [0.2, 0.25) is 0 Å². The van der Waals surface area contributed by atoms with Crippen molar-refractivity contribution in [2.75, 3.05) is 18.6 Å². The predicted molar refractivity (Wildman–Crippen MR) is 77.9 cm³/mol. The Bertz CT molecular complexity index is 608. The third kappa shape index (κ3) is 2.42. The first-order valence-corrected chi connectivity index (χ1v) is 7.13. The summed E-state index contributed by atoms with van der Waals surface area (Å²) in [5.74, 6) is -0.372. The summed E-state index contributed by atoms with van der Waals surface area (Å²) in [6.07, 6.45) is 1.84. The highest BCUT2D eigenvalue weighted by Crippen LogP contribution is 2.35. The summed E-state index contributed by atoms with van der Waals surface area (Å²) < 4.78 is 11.0. The molecule has 1 amide bonds. The quantitative estimate of drug-likeness (QED) is 0.800. The second-order valence-corrected chi connectivity index (χ2v) is 6.17. The molecule has 21 heavy (non-hydrogen) atoms. The number of rotatable bonds is 3. The number of hydrogen-bond donors (Lipinski definition) is 0. The number of carbonyl (C=O) groups is 2. The van der Waals surface area contributed by atoms with Crippen LogP contribution in [0.4, 0.5) is 5.69 Å². The van der Waals surface area contributed by atoms with E-state index in [0.717, 1.165) is 12.8 Å². The molecule has 1 aromatic rings. The molecule has 5 heteroatoms. The lowest BCUT2D eigenvalue weighted by Crippen LogP contribution is -2.37. The molecular weight excluding hydrogens is 270 g/mol. The SMILES string of the molecule is COc1ccc2c(c1)C(=O)C(=O)N2CC1CCC(C)(C)O1. The van der Waals surface area contributed by atoms with E-state index in [9.17, 15) is 9.59 Å². The van der Waals surface area contributed by atoms with Crippen molar-refractivity contribution in [1.82, 2.24) is 0 Å². The summed E-state index contributed by atoms with van der Waals surface area (Å²) in [5.41, 5.74) is 0.913. The number of methoxy groups -OCH3 is 1. The third-order valence-corrected chi connectivity index (χ3v) is 4.12. The van der Waals surface area contributed by atoms with Crippen LogP contribution in [0.25, 0.3) is 0 Å². The minimum absolute atomic E-state index is 0.0233. The van der Waals surface area contributed by atoms with Gasteiger partial charge in [-0.2, -0.15) is 0 Å². The molecule has 0 saturated carbocycles. The number of amides is 1. The van der Waals surface area contributed by atoms with Crippen molar-refractivity contribution in [3.8, 4) is 5.75 Å². The first-order chi connectivity index (χ1) is 9.91. The minimum Gasteiger partial charge on any atom is -0.497 e. The highest BCUT2D eigenvalue weighted by Gasteiger charge is 2.40. The summed E-state index contributed by atoms with van der Waals surface area (Å²) in [4.78, 5) is 25.8. The molecule has 3 rings (SSSR count). The number of hydrogen-bond acceptors (Lipinski definition) is 4.